The van der Waals surface area contributed by atoms with Crippen LogP contribution in [0.3, 0.4) is 0 Å². The molecule has 2 aliphatic rings. The number of nitrogens with zero attached hydrogens (tertiary/aromatic N) is 3. The molecule has 0 bridgehead atoms. The van der Waals surface area contributed by atoms with Crippen molar-refractivity contribution in [2.75, 3.05) is 45.7 Å². The van der Waals surface area contributed by atoms with Crippen LogP contribution in [-0.2, 0) is 31.5 Å². The van der Waals surface area contributed by atoms with Crippen LogP contribution < -0.4 is 20.7 Å². The molecule has 1 aliphatic heterocycles. The zero-order chi connectivity index (χ0) is 37.5. The van der Waals surface area contributed by atoms with Crippen molar-refractivity contribution in [2.24, 2.45) is 11.8 Å². The van der Waals surface area contributed by atoms with Crippen LogP contribution in [0.1, 0.15) is 50.2 Å². The fraction of sp³-hybridized carbons (Fsp3) is 0.559. The molecule has 1 saturated carbocycles. The van der Waals surface area contributed by atoms with Crippen molar-refractivity contribution >= 4 is 29.3 Å². The highest BCUT2D eigenvalue weighted by Crippen LogP contribution is 2.41. The molecule has 1 aromatic heterocycles. The first-order valence-electron chi connectivity index (χ1n) is 16.6. The molecule has 1 saturated heterocycles. The first-order valence-corrected chi connectivity index (χ1v) is 16.6. The van der Waals surface area contributed by atoms with E-state index >= 15 is 13.2 Å². The summed E-state index contributed by atoms with van der Waals surface area (Å²) >= 11 is 0. The minimum absolute atomic E-state index is 0.00421. The SMILES string of the molecule is CCC(=O)N[C@H](Cc1ccc(NC(=O)[C@@H](NC(=O)C(F)(F)c2ccc(OC)nc2)[C@H]2CC[C@H](C(F)(F)F)CC2)c(F)c1)C(=O)N1CCN(C)CC1. The maximum absolute atomic E-state index is 15.5. The van der Waals surface area contributed by atoms with Crippen molar-refractivity contribution in [1.29, 1.82) is 0 Å². The number of likely N-dealkylation sites (N-methyl/N-ethyl adjacent to an activating group) is 1. The largest absolute Gasteiger partial charge is 0.481 e. The minimum Gasteiger partial charge on any atom is -0.481 e. The number of benzene rings is 1. The van der Waals surface area contributed by atoms with Gasteiger partial charge in [-0.25, -0.2) is 9.37 Å². The molecule has 2 atom stereocenters. The lowest BCUT2D eigenvalue weighted by Crippen LogP contribution is -2.54. The van der Waals surface area contributed by atoms with Crippen LogP contribution in [0.2, 0.25) is 0 Å². The predicted octanol–water partition coefficient (Wildman–Crippen LogP) is 4.02. The Morgan fingerprint density at radius 3 is 2.18 bits per heavy atom. The molecule has 0 radical (unpaired) electrons. The number of halogens is 6. The number of anilines is 1. The van der Waals surface area contributed by atoms with E-state index in [0.717, 1.165) is 24.4 Å². The third-order valence-electron chi connectivity index (χ3n) is 9.37. The van der Waals surface area contributed by atoms with Gasteiger partial charge in [-0.05, 0) is 62.4 Å². The summed E-state index contributed by atoms with van der Waals surface area (Å²) in [6, 6.07) is 2.92. The Morgan fingerprint density at radius 1 is 0.961 bits per heavy atom. The molecule has 1 aliphatic carbocycles. The van der Waals surface area contributed by atoms with Gasteiger partial charge in [0.15, 0.2) is 0 Å². The fourth-order valence-electron chi connectivity index (χ4n) is 6.20. The molecular weight excluding hydrogens is 686 g/mol. The normalized spacial score (nSPS) is 19.8. The Labute approximate surface area is 291 Å². The average Bonchev–Trinajstić information content (AvgIpc) is 3.10. The summed E-state index contributed by atoms with van der Waals surface area (Å²) in [5, 5.41) is 6.98. The first-order chi connectivity index (χ1) is 24.0. The van der Waals surface area contributed by atoms with Crippen LogP contribution in [0.4, 0.5) is 32.0 Å². The highest BCUT2D eigenvalue weighted by atomic mass is 19.4. The van der Waals surface area contributed by atoms with Gasteiger partial charge in [-0.15, -0.1) is 0 Å². The number of hydrogen-bond donors (Lipinski definition) is 3. The van der Waals surface area contributed by atoms with Gasteiger partial charge >= 0.3 is 12.1 Å². The lowest BCUT2D eigenvalue weighted by Gasteiger charge is -2.35. The number of ether oxygens (including phenoxy) is 1. The maximum atomic E-state index is 15.5. The second-order valence-electron chi connectivity index (χ2n) is 12.9. The van der Waals surface area contributed by atoms with Gasteiger partial charge in [0.25, 0.3) is 5.91 Å². The molecule has 2 heterocycles. The number of pyridine rings is 1. The van der Waals surface area contributed by atoms with Crippen LogP contribution in [0.5, 0.6) is 5.88 Å². The van der Waals surface area contributed by atoms with Gasteiger partial charge < -0.3 is 30.5 Å². The first kappa shape index (κ1) is 39.4. The maximum Gasteiger partial charge on any atom is 0.391 e. The van der Waals surface area contributed by atoms with Gasteiger partial charge in [0, 0.05) is 56.8 Å². The van der Waals surface area contributed by atoms with Crippen LogP contribution in [0, 0.1) is 17.7 Å². The molecule has 1 aromatic carbocycles. The molecule has 0 unspecified atom stereocenters. The summed E-state index contributed by atoms with van der Waals surface area (Å²) in [6.45, 7) is 3.81. The summed E-state index contributed by atoms with van der Waals surface area (Å²) in [5.74, 6) is -11.5. The van der Waals surface area contributed by atoms with Gasteiger partial charge in [-0.2, -0.15) is 22.0 Å². The fourth-order valence-corrected chi connectivity index (χ4v) is 6.20. The molecular formula is C34H42F6N6O5. The molecule has 17 heteroatoms. The number of carbonyl (C=O) groups is 4. The number of amides is 4. The smallest absolute Gasteiger partial charge is 0.391 e. The Bertz CT molecular complexity index is 1540. The van der Waals surface area contributed by atoms with Gasteiger partial charge in [0.1, 0.15) is 17.9 Å². The van der Waals surface area contributed by atoms with E-state index in [-0.39, 0.29) is 43.4 Å². The number of rotatable bonds is 12. The van der Waals surface area contributed by atoms with Crippen LogP contribution in [0.15, 0.2) is 36.5 Å². The lowest BCUT2D eigenvalue weighted by molar-refractivity contribution is -0.184. The van der Waals surface area contributed by atoms with Crippen LogP contribution >= 0.6 is 0 Å². The van der Waals surface area contributed by atoms with E-state index in [0.29, 0.717) is 31.7 Å². The number of methoxy groups -OCH3 is 1. The minimum atomic E-state index is -4.49. The Hall–Kier alpha value is -4.41. The van der Waals surface area contributed by atoms with Crippen molar-refractivity contribution in [3.8, 4) is 5.88 Å². The number of alkyl halides is 5. The van der Waals surface area contributed by atoms with Gasteiger partial charge in [0.2, 0.25) is 23.6 Å². The zero-order valence-corrected chi connectivity index (χ0v) is 28.5. The van der Waals surface area contributed by atoms with Crippen molar-refractivity contribution in [1.82, 2.24) is 25.4 Å². The Kier molecular flexibility index (Phi) is 12.9. The van der Waals surface area contributed by atoms with E-state index in [1.165, 1.54) is 19.2 Å². The molecule has 0 spiro atoms. The van der Waals surface area contributed by atoms with E-state index in [9.17, 15) is 32.3 Å². The summed E-state index contributed by atoms with van der Waals surface area (Å²) in [5.41, 5.74) is -0.906. The van der Waals surface area contributed by atoms with Crippen molar-refractivity contribution in [3.05, 3.63) is 53.5 Å². The quantitative estimate of drug-likeness (QED) is 0.282. The van der Waals surface area contributed by atoms with Crippen molar-refractivity contribution < 1.29 is 50.3 Å². The third kappa shape index (κ3) is 10.1. The molecule has 4 rings (SSSR count). The number of hydrogen-bond acceptors (Lipinski definition) is 7. The number of carbonyl (C=O) groups excluding carboxylic acids is 4. The van der Waals surface area contributed by atoms with Gasteiger partial charge in [-0.3, -0.25) is 19.2 Å². The molecule has 11 nitrogen and oxygen atoms in total. The summed E-state index contributed by atoms with van der Waals surface area (Å²) in [6.07, 6.45) is -4.94. The molecule has 280 valence electrons. The van der Waals surface area contributed by atoms with Crippen molar-refractivity contribution in [3.63, 3.8) is 0 Å². The van der Waals surface area contributed by atoms with E-state index < -0.39 is 77.7 Å². The second kappa shape index (κ2) is 16.7. The monoisotopic (exact) mass is 728 g/mol. The molecule has 2 aromatic rings. The Morgan fingerprint density at radius 2 is 1.63 bits per heavy atom. The summed E-state index contributed by atoms with van der Waals surface area (Å²) in [4.78, 5) is 59.4. The number of nitrogens with one attached hydrogen (secondary N) is 3. The average molecular weight is 729 g/mol. The van der Waals surface area contributed by atoms with E-state index in [2.05, 4.69) is 20.5 Å². The van der Waals surface area contributed by atoms with Gasteiger partial charge in [-0.1, -0.05) is 13.0 Å². The topological polar surface area (TPSA) is 133 Å². The molecule has 2 fully saturated rings. The van der Waals surface area contributed by atoms with E-state index in [4.69, 9.17) is 4.74 Å². The molecule has 4 amide bonds. The standard InChI is InChI=1S/C34H42F6N6O5/c1-4-27(47)42-26(31(49)46-15-13-45(2)14-16-46)18-20-5-11-25(24(35)17-20)43-30(48)29(21-6-8-22(9-7-21)34(38,39)40)44-32(50)33(36,37)23-10-12-28(51-3)41-19-23/h5,10-12,17,19,21-22,26,29H,4,6-9,13-16,18H2,1-3H3,(H,42,47)(H,43,48)(H,44,50)/t21-,22-,26-,29+/m1/s1. The lowest BCUT2D eigenvalue weighted by atomic mass is 9.77. The van der Waals surface area contributed by atoms with E-state index in [1.807, 2.05) is 12.4 Å². The number of piperazine rings is 1. The summed E-state index contributed by atoms with van der Waals surface area (Å²) < 4.78 is 90.9. The van der Waals surface area contributed by atoms with Crippen molar-refractivity contribution in [2.45, 2.75) is 69.6 Å². The zero-order valence-electron chi connectivity index (χ0n) is 28.5. The van der Waals surface area contributed by atoms with E-state index in [1.54, 1.807) is 11.8 Å². The highest BCUT2D eigenvalue weighted by molar-refractivity contribution is 5.98. The Balaban J connectivity index is 1.52. The molecule has 51 heavy (non-hydrogen) atoms. The third-order valence-corrected chi connectivity index (χ3v) is 9.37. The molecule has 3 N–H and O–H groups in total. The second-order valence-corrected chi connectivity index (χ2v) is 12.9. The summed E-state index contributed by atoms with van der Waals surface area (Å²) in [7, 11) is 3.19. The number of aromatic nitrogens is 1. The van der Waals surface area contributed by atoms with Crippen LogP contribution in [0.25, 0.3) is 0 Å². The van der Waals surface area contributed by atoms with Crippen LogP contribution in [-0.4, -0.2) is 97.0 Å². The highest BCUT2D eigenvalue weighted by Gasteiger charge is 2.47. The van der Waals surface area contributed by atoms with Gasteiger partial charge in [0.05, 0.1) is 18.7 Å². The predicted molar refractivity (Wildman–Crippen MR) is 173 cm³/mol.